The molecule has 1 N–H and O–H groups in total. The highest BCUT2D eigenvalue weighted by Gasteiger charge is 2.41. The smallest absolute Gasteiger partial charge is 0.197 e. The van der Waals surface area contributed by atoms with Crippen LogP contribution in [0.4, 0.5) is 28.4 Å². The van der Waals surface area contributed by atoms with Crippen molar-refractivity contribution in [2.45, 2.75) is 19.3 Å². The lowest BCUT2D eigenvalue weighted by molar-refractivity contribution is 0.632. The summed E-state index contributed by atoms with van der Waals surface area (Å²) in [5.74, 6) is 0. The van der Waals surface area contributed by atoms with Gasteiger partial charge in [-0.3, -0.25) is 0 Å². The van der Waals surface area contributed by atoms with Gasteiger partial charge in [0.1, 0.15) is 0 Å². The Morgan fingerprint density at radius 2 is 1.13 bits per heavy atom. The summed E-state index contributed by atoms with van der Waals surface area (Å²) in [6, 6.07) is 63.9. The summed E-state index contributed by atoms with van der Waals surface area (Å²) in [5.41, 5.74) is 18.1. The fraction of sp³-hybridized carbons (Fsp3) is 0.0612. The fourth-order valence-corrected chi connectivity index (χ4v) is 8.46. The zero-order valence-electron chi connectivity index (χ0n) is 29.3. The van der Waals surface area contributed by atoms with Gasteiger partial charge in [-0.05, 0) is 80.1 Å². The molecule has 0 unspecified atom stereocenters. The molecule has 0 saturated heterocycles. The van der Waals surface area contributed by atoms with Crippen molar-refractivity contribution < 1.29 is 0 Å². The second-order valence-electron chi connectivity index (χ2n) is 14.5. The lowest BCUT2D eigenvalue weighted by Crippen LogP contribution is -2.45. The largest absolute Gasteiger partial charge is 0.355 e. The topological polar surface area (TPSA) is 15.3 Å². The van der Waals surface area contributed by atoms with Crippen LogP contribution in [-0.2, 0) is 5.41 Å². The number of hydrogen-bond donors (Lipinski definition) is 1. The van der Waals surface area contributed by atoms with E-state index in [1.54, 1.807) is 0 Å². The Balaban J connectivity index is 1.20. The number of rotatable bonds is 5. The molecule has 0 fully saturated rings. The average molecular weight is 664 g/mol. The van der Waals surface area contributed by atoms with E-state index in [0.29, 0.717) is 0 Å². The highest BCUT2D eigenvalue weighted by atomic mass is 15.2. The number of nitrogens with one attached hydrogen (secondary N) is 1. The number of fused-ring (bicyclic) bond motifs is 6. The van der Waals surface area contributed by atoms with Crippen LogP contribution in [-0.4, -0.2) is 7.28 Å². The minimum Gasteiger partial charge on any atom is -0.355 e. The second kappa shape index (κ2) is 11.9. The van der Waals surface area contributed by atoms with Crippen molar-refractivity contribution in [2.24, 2.45) is 0 Å². The Labute approximate surface area is 306 Å². The molecule has 2 aliphatic heterocycles. The van der Waals surface area contributed by atoms with Crippen LogP contribution in [0.15, 0.2) is 176 Å². The van der Waals surface area contributed by atoms with E-state index in [-0.39, 0.29) is 5.41 Å². The monoisotopic (exact) mass is 663 g/mol. The summed E-state index contributed by atoms with van der Waals surface area (Å²) in [6.07, 6.45) is 0. The van der Waals surface area contributed by atoms with Gasteiger partial charge >= 0.3 is 0 Å². The number of nitrogens with zero attached hydrogens (tertiary/aromatic N) is 1. The SMILES string of the molecule is CC1(C)c2ccccc2N2c3c(cccc31)[B]c1c(-c3ccc(-c4ccccc4)cc3Nc3ccc(-c4ccccc4)cc3)cc3ccccc3c12. The minimum atomic E-state index is -0.127. The first-order valence-corrected chi connectivity index (χ1v) is 18.1. The molecule has 0 aromatic heterocycles. The molecule has 2 nitrogen and oxygen atoms in total. The molecule has 0 bridgehead atoms. The van der Waals surface area contributed by atoms with E-state index in [0.717, 1.165) is 16.9 Å². The first-order valence-electron chi connectivity index (χ1n) is 18.1. The molecular formula is C49H36BN2. The van der Waals surface area contributed by atoms with Crippen molar-refractivity contribution in [3.63, 3.8) is 0 Å². The first-order chi connectivity index (χ1) is 25.5. The second-order valence-corrected chi connectivity index (χ2v) is 14.5. The quantitative estimate of drug-likeness (QED) is 0.184. The summed E-state index contributed by atoms with van der Waals surface area (Å²) >= 11 is 0. The molecule has 1 radical (unpaired) electrons. The van der Waals surface area contributed by atoms with Crippen LogP contribution < -0.4 is 21.1 Å². The van der Waals surface area contributed by atoms with Crippen molar-refractivity contribution in [1.29, 1.82) is 0 Å². The summed E-state index contributed by atoms with van der Waals surface area (Å²) in [4.78, 5) is 2.56. The van der Waals surface area contributed by atoms with Crippen molar-refractivity contribution in [1.82, 2.24) is 0 Å². The fourth-order valence-electron chi connectivity index (χ4n) is 8.46. The molecule has 3 heteroatoms. The van der Waals surface area contributed by atoms with Gasteiger partial charge in [0.2, 0.25) is 0 Å². The van der Waals surface area contributed by atoms with E-state index >= 15 is 0 Å². The zero-order chi connectivity index (χ0) is 34.8. The Kier molecular flexibility index (Phi) is 6.98. The van der Waals surface area contributed by atoms with Crippen LogP contribution in [0.25, 0.3) is 44.2 Å². The summed E-state index contributed by atoms with van der Waals surface area (Å²) in [6.45, 7) is 4.73. The van der Waals surface area contributed by atoms with Crippen molar-refractivity contribution in [2.75, 3.05) is 10.2 Å². The molecule has 245 valence electrons. The number of para-hydroxylation sites is 2. The van der Waals surface area contributed by atoms with Crippen LogP contribution >= 0.6 is 0 Å². The summed E-state index contributed by atoms with van der Waals surface area (Å²) < 4.78 is 0. The van der Waals surface area contributed by atoms with Gasteiger partial charge in [0.15, 0.2) is 7.28 Å². The van der Waals surface area contributed by atoms with Gasteiger partial charge < -0.3 is 10.2 Å². The maximum absolute atomic E-state index is 3.88. The van der Waals surface area contributed by atoms with Gasteiger partial charge in [0, 0.05) is 39.1 Å². The van der Waals surface area contributed by atoms with Gasteiger partial charge in [-0.25, -0.2) is 0 Å². The highest BCUT2D eigenvalue weighted by molar-refractivity contribution is 6.74. The Morgan fingerprint density at radius 1 is 0.500 bits per heavy atom. The highest BCUT2D eigenvalue weighted by Crippen LogP contribution is 2.53. The number of benzene rings is 8. The van der Waals surface area contributed by atoms with Crippen LogP contribution in [0.5, 0.6) is 0 Å². The lowest BCUT2D eigenvalue weighted by atomic mass is 9.55. The molecule has 10 rings (SSSR count). The van der Waals surface area contributed by atoms with Crippen molar-refractivity contribution >= 4 is 57.4 Å². The minimum absolute atomic E-state index is 0.127. The molecular weight excluding hydrogens is 627 g/mol. The summed E-state index contributed by atoms with van der Waals surface area (Å²) in [7, 11) is 2.43. The van der Waals surface area contributed by atoms with Crippen LogP contribution in [0.2, 0.25) is 0 Å². The molecule has 52 heavy (non-hydrogen) atoms. The number of anilines is 5. The molecule has 8 aromatic rings. The predicted octanol–water partition coefficient (Wildman–Crippen LogP) is 11.7. The van der Waals surface area contributed by atoms with Crippen molar-refractivity contribution in [3.05, 3.63) is 187 Å². The van der Waals surface area contributed by atoms with E-state index in [1.807, 2.05) is 0 Å². The van der Waals surface area contributed by atoms with Crippen LogP contribution in [0.3, 0.4) is 0 Å². The third kappa shape index (κ3) is 4.81. The average Bonchev–Trinajstić information content (AvgIpc) is 3.20. The van der Waals surface area contributed by atoms with E-state index in [1.165, 1.54) is 77.7 Å². The molecule has 2 aliphatic rings. The lowest BCUT2D eigenvalue weighted by Gasteiger charge is -2.46. The Hall–Kier alpha value is -6.32. The molecule has 8 aromatic carbocycles. The van der Waals surface area contributed by atoms with Crippen LogP contribution in [0.1, 0.15) is 25.0 Å². The van der Waals surface area contributed by atoms with Crippen molar-refractivity contribution in [3.8, 4) is 33.4 Å². The standard InChI is InChI=1S/C49H36BN2/c1-49(2)41-20-11-12-23-45(41)52-47-38-19-10-9-18-36(38)30-40(46(47)50-43-22-13-21-42(49)48(43)52)39-29-26-35(33-16-7-4-8-17-33)31-44(39)51-37-27-24-34(25-28-37)32-14-5-3-6-15-32/h3-31,51H,1-2H3. The van der Waals surface area contributed by atoms with E-state index in [9.17, 15) is 0 Å². The van der Waals surface area contributed by atoms with Gasteiger partial charge in [-0.15, -0.1) is 0 Å². The Bertz CT molecular complexity index is 2640. The summed E-state index contributed by atoms with van der Waals surface area (Å²) in [5, 5.41) is 6.35. The van der Waals surface area contributed by atoms with Gasteiger partial charge in [0.05, 0.1) is 5.69 Å². The third-order valence-corrected chi connectivity index (χ3v) is 11.1. The Morgan fingerprint density at radius 3 is 1.92 bits per heavy atom. The van der Waals surface area contributed by atoms with Gasteiger partial charge in [0.25, 0.3) is 0 Å². The molecule has 0 spiro atoms. The molecule has 0 saturated carbocycles. The van der Waals surface area contributed by atoms with E-state index < -0.39 is 0 Å². The predicted molar refractivity (Wildman–Crippen MR) is 222 cm³/mol. The molecule has 2 heterocycles. The third-order valence-electron chi connectivity index (χ3n) is 11.1. The zero-order valence-corrected chi connectivity index (χ0v) is 29.3. The van der Waals surface area contributed by atoms with E-state index in [2.05, 4.69) is 207 Å². The van der Waals surface area contributed by atoms with Crippen LogP contribution in [0, 0.1) is 0 Å². The van der Waals surface area contributed by atoms with E-state index in [4.69, 9.17) is 0 Å². The van der Waals surface area contributed by atoms with Gasteiger partial charge in [-0.1, -0.05) is 165 Å². The van der Waals surface area contributed by atoms with Gasteiger partial charge in [-0.2, -0.15) is 0 Å². The maximum Gasteiger partial charge on any atom is 0.197 e. The first kappa shape index (κ1) is 30.5. The molecule has 0 atom stereocenters. The molecule has 0 aliphatic carbocycles. The normalized spacial score (nSPS) is 13.5. The number of hydrogen-bond acceptors (Lipinski definition) is 2. The molecule has 0 amide bonds. The maximum atomic E-state index is 3.88.